The smallest absolute Gasteiger partial charge is 0.119 e. The lowest BCUT2D eigenvalue weighted by Gasteiger charge is -2.34. The van der Waals surface area contributed by atoms with Gasteiger partial charge in [-0.3, -0.25) is 0 Å². The third kappa shape index (κ3) is 16.0. The Morgan fingerprint density at radius 2 is 0.860 bits per heavy atom. The van der Waals surface area contributed by atoms with Crippen molar-refractivity contribution in [3.63, 3.8) is 0 Å². The van der Waals surface area contributed by atoms with Crippen LogP contribution in [0.15, 0.2) is 48.5 Å². The van der Waals surface area contributed by atoms with Crippen molar-refractivity contribution < 1.29 is 19.7 Å². The van der Waals surface area contributed by atoms with E-state index in [2.05, 4.69) is 47.9 Å². The highest BCUT2D eigenvalue weighted by atomic mass is 35.5. The Labute approximate surface area is 317 Å². The van der Waals surface area contributed by atoms with Gasteiger partial charge in [-0.05, 0) is 113 Å². The van der Waals surface area contributed by atoms with Crippen LogP contribution in [0.1, 0.15) is 140 Å². The highest BCUT2D eigenvalue weighted by Gasteiger charge is 2.29. The van der Waals surface area contributed by atoms with E-state index in [1.165, 1.54) is 77.0 Å². The molecule has 286 valence electrons. The molecule has 0 amide bonds. The molecule has 2 fully saturated rings. The van der Waals surface area contributed by atoms with Gasteiger partial charge in [0.25, 0.3) is 0 Å². The summed E-state index contributed by atoms with van der Waals surface area (Å²) in [5.74, 6) is 1.95. The number of nitrogens with zero attached hydrogens (tertiary/aromatic N) is 2. The Hall–Kier alpha value is -1.54. The van der Waals surface area contributed by atoms with E-state index in [0.717, 1.165) is 101 Å². The summed E-state index contributed by atoms with van der Waals surface area (Å²) in [6, 6.07) is 16.3. The second kappa shape index (κ2) is 26.3. The molecule has 0 bridgehead atoms. The molecule has 2 aliphatic heterocycles. The second-order valence-electron chi connectivity index (χ2n) is 14.7. The molecule has 2 aromatic carbocycles. The minimum absolute atomic E-state index is 0. The van der Waals surface area contributed by atoms with Crippen molar-refractivity contribution in [3.8, 4) is 11.5 Å². The number of rotatable bonds is 21. The molecule has 2 aromatic rings. The maximum atomic E-state index is 11.9. The molecule has 50 heavy (non-hydrogen) atoms. The Kier molecular flexibility index (Phi) is 23.4. The van der Waals surface area contributed by atoms with E-state index in [9.17, 15) is 10.2 Å². The summed E-state index contributed by atoms with van der Waals surface area (Å²) in [5, 5.41) is 23.9. The zero-order valence-electron chi connectivity index (χ0n) is 31.3. The molecule has 6 nitrogen and oxygen atoms in total. The summed E-state index contributed by atoms with van der Waals surface area (Å²) in [6.07, 6.45) is 17.7. The van der Waals surface area contributed by atoms with Crippen molar-refractivity contribution in [1.29, 1.82) is 0 Å². The standard InChI is InChI=1S/C42H68N2O4.2ClH/c1-3-5-15-31-47-39-23-19-35(20-24-39)41(45)37(33-43-27-11-7-8-12-28-43)17-18-38(34-44-29-13-9-10-14-30-44)42(46)36-21-25-40(26-22-36)48-32-16-6-4-2;;/h19-26,37-38,41-42,45-46H,3-18,27-34H2,1-2H3;2*1H. The van der Waals surface area contributed by atoms with Gasteiger partial charge in [-0.25, -0.2) is 0 Å². The van der Waals surface area contributed by atoms with E-state index in [1.54, 1.807) is 0 Å². The number of unbranched alkanes of at least 4 members (excludes halogenated alkanes) is 4. The zero-order chi connectivity index (χ0) is 33.8. The Balaban J connectivity index is 0.00000433. The average molecular weight is 738 g/mol. The molecule has 4 rings (SSSR count). The molecule has 2 heterocycles. The van der Waals surface area contributed by atoms with E-state index in [1.807, 2.05) is 24.3 Å². The normalized spacial score (nSPS) is 18.4. The molecule has 2 N–H and O–H groups in total. The van der Waals surface area contributed by atoms with E-state index in [-0.39, 0.29) is 36.6 Å². The van der Waals surface area contributed by atoms with Gasteiger partial charge in [-0.15, -0.1) is 24.8 Å². The summed E-state index contributed by atoms with van der Waals surface area (Å²) in [4.78, 5) is 5.18. The number of aliphatic hydroxyl groups excluding tert-OH is 2. The van der Waals surface area contributed by atoms with Crippen LogP contribution in [0.5, 0.6) is 11.5 Å². The monoisotopic (exact) mass is 736 g/mol. The minimum Gasteiger partial charge on any atom is -0.494 e. The number of benzene rings is 2. The Morgan fingerprint density at radius 3 is 1.18 bits per heavy atom. The fourth-order valence-corrected chi connectivity index (χ4v) is 7.58. The maximum Gasteiger partial charge on any atom is 0.119 e. The lowest BCUT2D eigenvalue weighted by Crippen LogP contribution is -2.36. The van der Waals surface area contributed by atoms with Crippen molar-refractivity contribution in [2.24, 2.45) is 11.8 Å². The predicted octanol–water partition coefficient (Wildman–Crippen LogP) is 10.2. The molecular formula is C42H70Cl2N2O4. The molecule has 0 aliphatic carbocycles. The first-order valence-electron chi connectivity index (χ1n) is 19.8. The summed E-state index contributed by atoms with van der Waals surface area (Å²) in [7, 11) is 0. The first-order valence-corrected chi connectivity index (χ1v) is 19.8. The van der Waals surface area contributed by atoms with E-state index < -0.39 is 12.2 Å². The fourth-order valence-electron chi connectivity index (χ4n) is 7.58. The van der Waals surface area contributed by atoms with Crippen LogP contribution in [0, 0.1) is 11.8 Å². The molecular weight excluding hydrogens is 667 g/mol. The number of hydrogen-bond donors (Lipinski definition) is 2. The number of ether oxygens (including phenoxy) is 2. The molecule has 8 heteroatoms. The highest BCUT2D eigenvalue weighted by Crippen LogP contribution is 2.34. The Morgan fingerprint density at radius 1 is 0.520 bits per heavy atom. The molecule has 0 aromatic heterocycles. The van der Waals surface area contributed by atoms with Gasteiger partial charge >= 0.3 is 0 Å². The second-order valence-corrected chi connectivity index (χ2v) is 14.7. The van der Waals surface area contributed by atoms with Crippen molar-refractivity contribution in [2.45, 2.75) is 129 Å². The van der Waals surface area contributed by atoms with Gasteiger partial charge in [0.15, 0.2) is 0 Å². The van der Waals surface area contributed by atoms with Crippen molar-refractivity contribution in [3.05, 3.63) is 59.7 Å². The zero-order valence-corrected chi connectivity index (χ0v) is 33.0. The van der Waals surface area contributed by atoms with Crippen LogP contribution in [0.4, 0.5) is 0 Å². The Bertz CT molecular complexity index is 1000. The molecule has 4 atom stereocenters. The van der Waals surface area contributed by atoms with Gasteiger partial charge < -0.3 is 29.5 Å². The van der Waals surface area contributed by atoms with Crippen LogP contribution in [0.25, 0.3) is 0 Å². The lowest BCUT2D eigenvalue weighted by molar-refractivity contribution is 0.0449. The maximum absolute atomic E-state index is 11.9. The van der Waals surface area contributed by atoms with Crippen LogP contribution in [-0.2, 0) is 0 Å². The van der Waals surface area contributed by atoms with Crippen LogP contribution in [-0.4, -0.2) is 72.5 Å². The van der Waals surface area contributed by atoms with Gasteiger partial charge in [0, 0.05) is 24.9 Å². The van der Waals surface area contributed by atoms with Crippen molar-refractivity contribution in [2.75, 3.05) is 52.5 Å². The van der Waals surface area contributed by atoms with Crippen LogP contribution in [0.3, 0.4) is 0 Å². The van der Waals surface area contributed by atoms with E-state index in [4.69, 9.17) is 9.47 Å². The highest BCUT2D eigenvalue weighted by molar-refractivity contribution is 5.85. The van der Waals surface area contributed by atoms with E-state index >= 15 is 0 Å². The number of hydrogen-bond acceptors (Lipinski definition) is 6. The SMILES string of the molecule is CCCCCOc1ccc(C(O)C(CCC(CN2CCCCCC2)C(O)c2ccc(OCCCCC)cc2)CN2CCCCCC2)cc1.Cl.Cl. The molecule has 0 radical (unpaired) electrons. The van der Waals surface area contributed by atoms with Crippen molar-refractivity contribution in [1.82, 2.24) is 9.80 Å². The third-order valence-electron chi connectivity index (χ3n) is 10.7. The van der Waals surface area contributed by atoms with Crippen LogP contribution < -0.4 is 9.47 Å². The van der Waals surface area contributed by atoms with Crippen molar-refractivity contribution >= 4 is 24.8 Å². The third-order valence-corrected chi connectivity index (χ3v) is 10.7. The number of likely N-dealkylation sites (tertiary alicyclic amines) is 2. The average Bonchev–Trinajstić information content (AvgIpc) is 3.55. The molecule has 0 saturated carbocycles. The van der Waals surface area contributed by atoms with Crippen LogP contribution >= 0.6 is 24.8 Å². The first kappa shape index (κ1) is 44.6. The number of halogens is 2. The quantitative estimate of drug-likeness (QED) is 0.124. The summed E-state index contributed by atoms with van der Waals surface area (Å²) >= 11 is 0. The topological polar surface area (TPSA) is 65.4 Å². The lowest BCUT2D eigenvalue weighted by atomic mass is 9.84. The first-order chi connectivity index (χ1) is 23.6. The molecule has 2 aliphatic rings. The van der Waals surface area contributed by atoms with Crippen LogP contribution in [0.2, 0.25) is 0 Å². The van der Waals surface area contributed by atoms with Gasteiger partial charge in [-0.2, -0.15) is 0 Å². The minimum atomic E-state index is -0.553. The van der Waals surface area contributed by atoms with Gasteiger partial charge in [0.1, 0.15) is 11.5 Å². The van der Waals surface area contributed by atoms with Gasteiger partial charge in [0.05, 0.1) is 25.4 Å². The van der Waals surface area contributed by atoms with Gasteiger partial charge in [0.2, 0.25) is 0 Å². The van der Waals surface area contributed by atoms with Gasteiger partial charge in [-0.1, -0.05) is 89.5 Å². The number of aliphatic hydroxyl groups is 2. The largest absolute Gasteiger partial charge is 0.494 e. The predicted molar refractivity (Wildman–Crippen MR) is 213 cm³/mol. The molecule has 2 saturated heterocycles. The fraction of sp³-hybridized carbons (Fsp3) is 0.714. The summed E-state index contributed by atoms with van der Waals surface area (Å²) in [5.41, 5.74) is 1.93. The van der Waals surface area contributed by atoms with E-state index in [0.29, 0.717) is 0 Å². The molecule has 0 spiro atoms. The summed E-state index contributed by atoms with van der Waals surface area (Å²) in [6.45, 7) is 12.1. The molecule has 4 unspecified atom stereocenters. The summed E-state index contributed by atoms with van der Waals surface area (Å²) < 4.78 is 11.9.